The molecule has 4 N–H and O–H groups in total. The highest BCUT2D eigenvalue weighted by molar-refractivity contribution is 14.0. The van der Waals surface area contributed by atoms with Gasteiger partial charge in [-0.25, -0.2) is 4.99 Å². The second kappa shape index (κ2) is 12.8. The highest BCUT2D eigenvalue weighted by Gasteiger charge is 2.03. The van der Waals surface area contributed by atoms with Crippen LogP contribution in [0, 0.1) is 0 Å². The molecule has 0 rings (SSSR count). The molecule has 1 unspecified atom stereocenters. The average molecular weight is 374 g/mol. The summed E-state index contributed by atoms with van der Waals surface area (Å²) < 4.78 is 9.73. The maximum absolute atomic E-state index is 11.3. The van der Waals surface area contributed by atoms with Gasteiger partial charge in [-0.05, 0) is 6.92 Å². The van der Waals surface area contributed by atoms with Crippen molar-refractivity contribution in [2.75, 3.05) is 40.5 Å². The van der Waals surface area contributed by atoms with Gasteiger partial charge in [0, 0.05) is 26.8 Å². The molecule has 8 heteroatoms. The van der Waals surface area contributed by atoms with Gasteiger partial charge >= 0.3 is 0 Å². The number of carbonyl (C=O) groups excluding carboxylic acids is 1. The monoisotopic (exact) mass is 374 g/mol. The molecule has 1 amide bonds. The van der Waals surface area contributed by atoms with E-state index in [4.69, 9.17) is 15.2 Å². The fourth-order valence-electron chi connectivity index (χ4n) is 1.10. The Hall–Kier alpha value is -0.610. The van der Waals surface area contributed by atoms with Crippen molar-refractivity contribution in [2.24, 2.45) is 10.7 Å². The van der Waals surface area contributed by atoms with E-state index in [0.29, 0.717) is 19.8 Å². The van der Waals surface area contributed by atoms with Crippen LogP contribution in [-0.2, 0) is 14.3 Å². The van der Waals surface area contributed by atoms with Gasteiger partial charge in [0.1, 0.15) is 6.54 Å². The van der Waals surface area contributed by atoms with Gasteiger partial charge in [-0.15, -0.1) is 24.0 Å². The van der Waals surface area contributed by atoms with Crippen molar-refractivity contribution in [1.82, 2.24) is 10.6 Å². The zero-order valence-electron chi connectivity index (χ0n) is 11.1. The van der Waals surface area contributed by atoms with Gasteiger partial charge in [0.15, 0.2) is 5.96 Å². The molecule has 0 aliphatic heterocycles. The number of halogens is 1. The highest BCUT2D eigenvalue weighted by atomic mass is 127. The molecule has 0 aromatic rings. The summed E-state index contributed by atoms with van der Waals surface area (Å²) >= 11 is 0. The number of rotatable bonds is 8. The van der Waals surface area contributed by atoms with Crippen LogP contribution in [0.1, 0.15) is 6.92 Å². The number of hydrogen-bond donors (Lipinski definition) is 3. The number of nitrogens with two attached hydrogens (primary N) is 1. The standard InChI is InChI=1S/C10H22N4O3.HI/c1-8(7-17-3)14-10(11)13-6-9(15)12-4-5-16-2;/h8H,4-7H2,1-3H3,(H,12,15)(H3,11,13,14);1H. The van der Waals surface area contributed by atoms with Crippen LogP contribution >= 0.6 is 24.0 Å². The Morgan fingerprint density at radius 2 is 2.06 bits per heavy atom. The quantitative estimate of drug-likeness (QED) is 0.226. The molecule has 7 nitrogen and oxygen atoms in total. The summed E-state index contributed by atoms with van der Waals surface area (Å²) in [5.41, 5.74) is 5.59. The maximum atomic E-state index is 11.3. The van der Waals surface area contributed by atoms with Crippen LogP contribution in [0.4, 0.5) is 0 Å². The number of carbonyl (C=O) groups is 1. The number of nitrogens with one attached hydrogen (secondary N) is 2. The minimum atomic E-state index is -0.189. The first-order valence-electron chi connectivity index (χ1n) is 5.41. The van der Waals surface area contributed by atoms with Crippen LogP contribution < -0.4 is 16.4 Å². The van der Waals surface area contributed by atoms with Crippen LogP contribution in [0.3, 0.4) is 0 Å². The van der Waals surface area contributed by atoms with E-state index in [1.807, 2.05) is 6.92 Å². The normalized spacial score (nSPS) is 12.5. The molecule has 0 radical (unpaired) electrons. The van der Waals surface area contributed by atoms with E-state index in [1.54, 1.807) is 14.2 Å². The second-order valence-corrected chi connectivity index (χ2v) is 3.54. The molecule has 0 aromatic heterocycles. The Morgan fingerprint density at radius 3 is 2.61 bits per heavy atom. The second-order valence-electron chi connectivity index (χ2n) is 3.54. The number of hydrogen-bond acceptors (Lipinski definition) is 4. The van der Waals surface area contributed by atoms with E-state index in [1.165, 1.54) is 0 Å². The van der Waals surface area contributed by atoms with Gasteiger partial charge in [0.05, 0.1) is 13.2 Å². The molecule has 0 saturated carbocycles. The average Bonchev–Trinajstić information content (AvgIpc) is 2.27. The van der Waals surface area contributed by atoms with Gasteiger partial charge in [-0.3, -0.25) is 4.79 Å². The lowest BCUT2D eigenvalue weighted by Crippen LogP contribution is -2.41. The Kier molecular flexibility index (Phi) is 14.1. The predicted octanol–water partition coefficient (Wildman–Crippen LogP) is -0.694. The topological polar surface area (TPSA) is 98.0 Å². The van der Waals surface area contributed by atoms with Crippen molar-refractivity contribution in [3.05, 3.63) is 0 Å². The summed E-state index contributed by atoms with van der Waals surface area (Å²) in [7, 11) is 3.18. The van der Waals surface area contributed by atoms with Crippen molar-refractivity contribution < 1.29 is 14.3 Å². The third-order valence-corrected chi connectivity index (χ3v) is 1.83. The van der Waals surface area contributed by atoms with Crippen molar-refractivity contribution in [2.45, 2.75) is 13.0 Å². The maximum Gasteiger partial charge on any atom is 0.241 e. The Morgan fingerprint density at radius 1 is 1.39 bits per heavy atom. The lowest BCUT2D eigenvalue weighted by molar-refractivity contribution is -0.119. The lowest BCUT2D eigenvalue weighted by Gasteiger charge is -2.12. The summed E-state index contributed by atoms with van der Waals surface area (Å²) in [6.07, 6.45) is 0. The number of aliphatic imine (C=N–C) groups is 1. The SMILES string of the molecule is COCCNC(=O)CN=C(N)NC(C)COC.I. The number of nitrogens with zero attached hydrogens (tertiary/aromatic N) is 1. The Balaban J connectivity index is 0. The summed E-state index contributed by atoms with van der Waals surface area (Å²) in [6.45, 7) is 3.38. The first-order chi connectivity index (χ1) is 8.10. The van der Waals surface area contributed by atoms with Crippen LogP contribution in [0.25, 0.3) is 0 Å². The number of methoxy groups -OCH3 is 2. The van der Waals surface area contributed by atoms with Gasteiger partial charge in [0.25, 0.3) is 0 Å². The summed E-state index contributed by atoms with van der Waals surface area (Å²) in [6, 6.07) is 0.0558. The van der Waals surface area contributed by atoms with Gasteiger partial charge in [-0.1, -0.05) is 0 Å². The zero-order valence-corrected chi connectivity index (χ0v) is 13.4. The van der Waals surface area contributed by atoms with Crippen molar-refractivity contribution in [3.8, 4) is 0 Å². The highest BCUT2D eigenvalue weighted by Crippen LogP contribution is 1.81. The Bertz CT molecular complexity index is 251. The first kappa shape index (κ1) is 19.7. The number of ether oxygens (including phenoxy) is 2. The molecule has 1 atom stereocenters. The minimum Gasteiger partial charge on any atom is -0.383 e. The molecule has 0 aromatic carbocycles. The smallest absolute Gasteiger partial charge is 0.241 e. The van der Waals surface area contributed by atoms with E-state index in [0.717, 1.165) is 0 Å². The molecule has 0 heterocycles. The summed E-state index contributed by atoms with van der Waals surface area (Å²) in [5.74, 6) is 0.0441. The molecule has 0 spiro atoms. The summed E-state index contributed by atoms with van der Waals surface area (Å²) in [5, 5.41) is 5.54. The molecular formula is C10H23IN4O3. The molecular weight excluding hydrogens is 351 g/mol. The lowest BCUT2D eigenvalue weighted by atomic mass is 10.4. The number of amides is 1. The van der Waals surface area contributed by atoms with E-state index in [2.05, 4.69) is 15.6 Å². The van der Waals surface area contributed by atoms with E-state index >= 15 is 0 Å². The Labute approximate surface area is 125 Å². The van der Waals surface area contributed by atoms with Crippen molar-refractivity contribution >= 4 is 35.8 Å². The zero-order chi connectivity index (χ0) is 13.1. The van der Waals surface area contributed by atoms with Crippen molar-refractivity contribution in [3.63, 3.8) is 0 Å². The molecule has 0 aliphatic rings. The third kappa shape index (κ3) is 11.9. The molecule has 18 heavy (non-hydrogen) atoms. The molecule has 108 valence electrons. The van der Waals surface area contributed by atoms with E-state index in [-0.39, 0.29) is 48.4 Å². The fourth-order valence-corrected chi connectivity index (χ4v) is 1.10. The van der Waals surface area contributed by atoms with Gasteiger partial charge in [0.2, 0.25) is 5.91 Å². The largest absolute Gasteiger partial charge is 0.383 e. The third-order valence-electron chi connectivity index (χ3n) is 1.83. The van der Waals surface area contributed by atoms with Crippen LogP contribution in [0.15, 0.2) is 4.99 Å². The first-order valence-corrected chi connectivity index (χ1v) is 5.41. The molecule has 0 fully saturated rings. The van der Waals surface area contributed by atoms with Gasteiger partial charge in [-0.2, -0.15) is 0 Å². The minimum absolute atomic E-state index is 0. The molecule has 0 saturated heterocycles. The van der Waals surface area contributed by atoms with Crippen LogP contribution in [0.2, 0.25) is 0 Å². The molecule has 0 bridgehead atoms. The van der Waals surface area contributed by atoms with Gasteiger partial charge < -0.3 is 25.8 Å². The molecule has 0 aliphatic carbocycles. The predicted molar refractivity (Wildman–Crippen MR) is 81.3 cm³/mol. The van der Waals surface area contributed by atoms with E-state index < -0.39 is 0 Å². The van der Waals surface area contributed by atoms with Crippen LogP contribution in [0.5, 0.6) is 0 Å². The van der Waals surface area contributed by atoms with E-state index in [9.17, 15) is 4.79 Å². The summed E-state index contributed by atoms with van der Waals surface area (Å²) in [4.78, 5) is 15.2. The van der Waals surface area contributed by atoms with Crippen LogP contribution in [-0.4, -0.2) is 58.4 Å². The van der Waals surface area contributed by atoms with Crippen molar-refractivity contribution in [1.29, 1.82) is 0 Å². The fraction of sp³-hybridized carbons (Fsp3) is 0.800. The number of guanidine groups is 1.